The van der Waals surface area contributed by atoms with E-state index in [0.29, 0.717) is 12.5 Å². The average Bonchev–Trinajstić information content (AvgIpc) is 3.15. The molecule has 0 amide bonds. The van der Waals surface area contributed by atoms with Crippen molar-refractivity contribution >= 4 is 0 Å². The van der Waals surface area contributed by atoms with E-state index in [0.717, 1.165) is 18.0 Å². The molecule has 0 heterocycles. The largest absolute Gasteiger partial charge is 0.312 e. The van der Waals surface area contributed by atoms with Crippen LogP contribution in [-0.2, 0) is 6.54 Å². The summed E-state index contributed by atoms with van der Waals surface area (Å²) in [6, 6.07) is 6.56. The Kier molecular flexibility index (Phi) is 3.75. The number of nitrogens with one attached hydrogen (secondary N) is 1. The zero-order valence-electron chi connectivity index (χ0n) is 10.0. The molecular formula is C14H17FN2. The number of nitrogens with zero attached hydrogens (tertiary/aromatic N) is 1. The predicted octanol–water partition coefficient (Wildman–Crippen LogP) is 2.83. The van der Waals surface area contributed by atoms with Crippen molar-refractivity contribution in [2.45, 2.75) is 26.3 Å². The molecule has 2 rings (SSSR count). The van der Waals surface area contributed by atoms with Crippen LogP contribution in [0.2, 0.25) is 0 Å². The summed E-state index contributed by atoms with van der Waals surface area (Å²) >= 11 is 0. The minimum atomic E-state index is -0.442. The Morgan fingerprint density at radius 1 is 1.53 bits per heavy atom. The summed E-state index contributed by atoms with van der Waals surface area (Å²) in [5.41, 5.74) is 1.09. The summed E-state index contributed by atoms with van der Waals surface area (Å²) < 4.78 is 13.1. The van der Waals surface area contributed by atoms with Gasteiger partial charge in [0, 0.05) is 6.54 Å². The molecule has 0 radical (unpaired) electrons. The standard InChI is InChI=1S/C14H17FN2/c1-10(12-3-4-12)8-17-9-11-2-5-14(15)13(6-11)7-16/h2,5-6,10,12,17H,3-4,8-9H2,1H3. The van der Waals surface area contributed by atoms with Crippen LogP contribution in [0.3, 0.4) is 0 Å². The fourth-order valence-corrected chi connectivity index (χ4v) is 2.04. The molecule has 1 unspecified atom stereocenters. The molecule has 3 heteroatoms. The van der Waals surface area contributed by atoms with Gasteiger partial charge in [0.25, 0.3) is 0 Å². The van der Waals surface area contributed by atoms with Gasteiger partial charge in [-0.3, -0.25) is 0 Å². The van der Waals surface area contributed by atoms with Crippen LogP contribution in [0.25, 0.3) is 0 Å². The van der Waals surface area contributed by atoms with Gasteiger partial charge < -0.3 is 5.32 Å². The Hall–Kier alpha value is -1.40. The third-order valence-corrected chi connectivity index (χ3v) is 3.37. The van der Waals surface area contributed by atoms with Crippen molar-refractivity contribution in [1.82, 2.24) is 5.32 Å². The van der Waals surface area contributed by atoms with E-state index in [-0.39, 0.29) is 5.56 Å². The Morgan fingerprint density at radius 2 is 2.29 bits per heavy atom. The fraction of sp³-hybridized carbons (Fsp3) is 0.500. The first-order chi connectivity index (χ1) is 8.20. The van der Waals surface area contributed by atoms with Crippen molar-refractivity contribution in [2.75, 3.05) is 6.54 Å². The molecule has 90 valence electrons. The van der Waals surface area contributed by atoms with Gasteiger partial charge in [-0.2, -0.15) is 5.26 Å². The summed E-state index contributed by atoms with van der Waals surface area (Å²) in [4.78, 5) is 0. The molecule has 1 aliphatic rings. The first kappa shape index (κ1) is 12.1. The third-order valence-electron chi connectivity index (χ3n) is 3.37. The highest BCUT2D eigenvalue weighted by molar-refractivity contribution is 5.34. The lowest BCUT2D eigenvalue weighted by Crippen LogP contribution is -2.21. The Labute approximate surface area is 101 Å². The lowest BCUT2D eigenvalue weighted by atomic mass is 10.1. The number of rotatable bonds is 5. The van der Waals surface area contributed by atoms with Crippen LogP contribution in [0.15, 0.2) is 18.2 Å². The number of hydrogen-bond donors (Lipinski definition) is 1. The van der Waals surface area contributed by atoms with Crippen molar-refractivity contribution in [3.05, 3.63) is 35.1 Å². The molecule has 1 aromatic carbocycles. The molecule has 0 spiro atoms. The van der Waals surface area contributed by atoms with E-state index >= 15 is 0 Å². The highest BCUT2D eigenvalue weighted by Crippen LogP contribution is 2.36. The quantitative estimate of drug-likeness (QED) is 0.847. The SMILES string of the molecule is CC(CNCc1ccc(F)c(C#N)c1)C1CC1. The molecule has 0 aromatic heterocycles. The zero-order valence-corrected chi connectivity index (χ0v) is 10.0. The maximum absolute atomic E-state index is 13.1. The second-order valence-electron chi connectivity index (χ2n) is 4.87. The van der Waals surface area contributed by atoms with Gasteiger partial charge in [-0.05, 0) is 48.9 Å². The van der Waals surface area contributed by atoms with Gasteiger partial charge in [0.05, 0.1) is 5.56 Å². The lowest BCUT2D eigenvalue weighted by molar-refractivity contribution is 0.461. The molecule has 0 bridgehead atoms. The zero-order chi connectivity index (χ0) is 12.3. The third kappa shape index (κ3) is 3.28. The normalized spacial score (nSPS) is 16.5. The predicted molar refractivity (Wildman–Crippen MR) is 64.7 cm³/mol. The van der Waals surface area contributed by atoms with Crippen LogP contribution in [0.4, 0.5) is 4.39 Å². The van der Waals surface area contributed by atoms with Gasteiger partial charge in [-0.1, -0.05) is 13.0 Å². The van der Waals surface area contributed by atoms with Crippen LogP contribution < -0.4 is 5.32 Å². The Morgan fingerprint density at radius 3 is 2.94 bits per heavy atom. The van der Waals surface area contributed by atoms with Crippen molar-refractivity contribution < 1.29 is 4.39 Å². The molecule has 1 atom stereocenters. The molecule has 17 heavy (non-hydrogen) atoms. The summed E-state index contributed by atoms with van der Waals surface area (Å²) in [6.07, 6.45) is 2.72. The summed E-state index contributed by atoms with van der Waals surface area (Å²) in [6.45, 7) is 3.95. The van der Waals surface area contributed by atoms with E-state index in [1.807, 2.05) is 6.07 Å². The topological polar surface area (TPSA) is 35.8 Å². The number of nitriles is 1. The lowest BCUT2D eigenvalue weighted by Gasteiger charge is -2.11. The van der Waals surface area contributed by atoms with Gasteiger partial charge in [0.15, 0.2) is 0 Å². The molecule has 0 saturated heterocycles. The number of halogens is 1. The second-order valence-corrected chi connectivity index (χ2v) is 4.87. The Bertz CT molecular complexity index is 432. The van der Waals surface area contributed by atoms with Crippen LogP contribution in [0.5, 0.6) is 0 Å². The van der Waals surface area contributed by atoms with Crippen LogP contribution in [0.1, 0.15) is 30.9 Å². The van der Waals surface area contributed by atoms with Gasteiger partial charge in [0.1, 0.15) is 11.9 Å². The van der Waals surface area contributed by atoms with Gasteiger partial charge in [0.2, 0.25) is 0 Å². The minimum Gasteiger partial charge on any atom is -0.312 e. The summed E-state index contributed by atoms with van der Waals surface area (Å²) in [5, 5.41) is 12.1. The first-order valence-corrected chi connectivity index (χ1v) is 6.10. The highest BCUT2D eigenvalue weighted by atomic mass is 19.1. The highest BCUT2D eigenvalue weighted by Gasteiger charge is 2.27. The molecule has 1 N–H and O–H groups in total. The molecular weight excluding hydrogens is 215 g/mol. The van der Waals surface area contributed by atoms with E-state index in [1.54, 1.807) is 12.1 Å². The second kappa shape index (κ2) is 5.29. The van der Waals surface area contributed by atoms with E-state index in [4.69, 9.17) is 5.26 Å². The van der Waals surface area contributed by atoms with Crippen molar-refractivity contribution in [1.29, 1.82) is 5.26 Å². The van der Waals surface area contributed by atoms with Crippen molar-refractivity contribution in [3.8, 4) is 6.07 Å². The first-order valence-electron chi connectivity index (χ1n) is 6.10. The maximum atomic E-state index is 13.1. The van der Waals surface area contributed by atoms with Gasteiger partial charge in [-0.25, -0.2) is 4.39 Å². The van der Waals surface area contributed by atoms with E-state index in [1.165, 1.54) is 18.9 Å². The Balaban J connectivity index is 1.84. The molecule has 1 aliphatic carbocycles. The smallest absolute Gasteiger partial charge is 0.140 e. The van der Waals surface area contributed by atoms with Crippen molar-refractivity contribution in [2.24, 2.45) is 11.8 Å². The van der Waals surface area contributed by atoms with Crippen LogP contribution in [-0.4, -0.2) is 6.54 Å². The molecule has 0 aliphatic heterocycles. The number of hydrogen-bond acceptors (Lipinski definition) is 2. The fourth-order valence-electron chi connectivity index (χ4n) is 2.04. The number of benzene rings is 1. The van der Waals surface area contributed by atoms with E-state index in [2.05, 4.69) is 12.2 Å². The van der Waals surface area contributed by atoms with Crippen LogP contribution >= 0.6 is 0 Å². The van der Waals surface area contributed by atoms with Crippen LogP contribution in [0, 0.1) is 29.0 Å². The summed E-state index contributed by atoms with van der Waals surface area (Å²) in [5.74, 6) is 1.17. The minimum absolute atomic E-state index is 0.125. The molecule has 1 fully saturated rings. The van der Waals surface area contributed by atoms with E-state index < -0.39 is 5.82 Å². The molecule has 2 nitrogen and oxygen atoms in total. The maximum Gasteiger partial charge on any atom is 0.140 e. The van der Waals surface area contributed by atoms with Gasteiger partial charge >= 0.3 is 0 Å². The van der Waals surface area contributed by atoms with Gasteiger partial charge in [-0.15, -0.1) is 0 Å². The monoisotopic (exact) mass is 232 g/mol. The van der Waals surface area contributed by atoms with E-state index in [9.17, 15) is 4.39 Å². The van der Waals surface area contributed by atoms with Crippen molar-refractivity contribution in [3.63, 3.8) is 0 Å². The molecule has 1 saturated carbocycles. The summed E-state index contributed by atoms with van der Waals surface area (Å²) in [7, 11) is 0. The average molecular weight is 232 g/mol. The molecule has 1 aromatic rings.